The summed E-state index contributed by atoms with van der Waals surface area (Å²) in [5.74, 6) is 0. The number of hydrogen-bond acceptors (Lipinski definition) is 4. The third-order valence-corrected chi connectivity index (χ3v) is 5.67. The third kappa shape index (κ3) is 3.02. The predicted octanol–water partition coefficient (Wildman–Crippen LogP) is 1.04. The highest BCUT2D eigenvalue weighted by Crippen LogP contribution is 2.18. The van der Waals surface area contributed by atoms with Crippen molar-refractivity contribution < 1.29 is 8.42 Å². The average molecular weight is 322 g/mol. The zero-order chi connectivity index (χ0) is 15.9. The van der Waals surface area contributed by atoms with Crippen LogP contribution in [0.3, 0.4) is 0 Å². The normalized spacial score (nSPS) is 21.5. The largest absolute Gasteiger partial charge is 0.334 e. The Morgan fingerprint density at radius 1 is 1.32 bits per heavy atom. The summed E-state index contributed by atoms with van der Waals surface area (Å²) >= 11 is 0. The Labute approximate surface area is 131 Å². The van der Waals surface area contributed by atoms with Crippen LogP contribution in [0.5, 0.6) is 0 Å². The van der Waals surface area contributed by atoms with E-state index < -0.39 is 10.0 Å². The first-order chi connectivity index (χ1) is 10.3. The summed E-state index contributed by atoms with van der Waals surface area (Å²) in [5.41, 5.74) is 3.34. The number of aromatic nitrogens is 2. The summed E-state index contributed by atoms with van der Waals surface area (Å²) < 4.78 is 27.0. The first kappa shape index (κ1) is 15.5. The van der Waals surface area contributed by atoms with Gasteiger partial charge >= 0.3 is 0 Å². The van der Waals surface area contributed by atoms with Crippen LogP contribution < -0.4 is 0 Å². The summed E-state index contributed by atoms with van der Waals surface area (Å²) in [5, 5.41) is 0. The first-order valence-electron chi connectivity index (χ1n) is 7.44. The molecule has 1 aromatic heterocycles. The molecule has 0 aliphatic carbocycles. The van der Waals surface area contributed by atoms with E-state index in [1.807, 2.05) is 24.9 Å². The standard InChI is InChI=1S/C15H22N4O2S/c1-12-9-18(6-7-19(12)22(3,20)21)10-13-4-5-15-14(8-13)16-11-17(15)2/h4-5,8,11-12H,6-7,9-10H2,1-3H3/t12-/m0/s1. The number of sulfonamides is 1. The van der Waals surface area contributed by atoms with Crippen molar-refractivity contribution in [3.8, 4) is 0 Å². The van der Waals surface area contributed by atoms with Gasteiger partial charge in [-0.05, 0) is 24.6 Å². The third-order valence-electron chi connectivity index (χ3n) is 4.27. The van der Waals surface area contributed by atoms with E-state index in [0.717, 1.165) is 30.7 Å². The van der Waals surface area contributed by atoms with Crippen LogP contribution in [0.25, 0.3) is 11.0 Å². The molecule has 1 saturated heterocycles. The molecule has 6 nitrogen and oxygen atoms in total. The van der Waals surface area contributed by atoms with Crippen molar-refractivity contribution in [3.63, 3.8) is 0 Å². The van der Waals surface area contributed by atoms with Gasteiger partial charge in [0.15, 0.2) is 0 Å². The molecule has 1 aromatic carbocycles. The van der Waals surface area contributed by atoms with Gasteiger partial charge in [0.1, 0.15) is 0 Å². The summed E-state index contributed by atoms with van der Waals surface area (Å²) in [6.07, 6.45) is 3.11. The molecule has 120 valence electrons. The maximum atomic E-state index is 11.7. The minimum atomic E-state index is -3.10. The molecule has 1 atom stereocenters. The molecular weight excluding hydrogens is 300 g/mol. The van der Waals surface area contributed by atoms with Crippen molar-refractivity contribution >= 4 is 21.1 Å². The van der Waals surface area contributed by atoms with Crippen LogP contribution in [0, 0.1) is 0 Å². The van der Waals surface area contributed by atoms with Crippen molar-refractivity contribution in [1.29, 1.82) is 0 Å². The van der Waals surface area contributed by atoms with Crippen molar-refractivity contribution in [2.24, 2.45) is 7.05 Å². The molecule has 1 fully saturated rings. The molecule has 0 saturated carbocycles. The van der Waals surface area contributed by atoms with Crippen molar-refractivity contribution in [2.75, 3.05) is 25.9 Å². The van der Waals surface area contributed by atoms with E-state index in [2.05, 4.69) is 28.1 Å². The molecule has 7 heteroatoms. The van der Waals surface area contributed by atoms with E-state index in [1.165, 1.54) is 11.8 Å². The Kier molecular flexibility index (Phi) is 3.96. The number of rotatable bonds is 3. The molecule has 2 heterocycles. The zero-order valence-corrected chi connectivity index (χ0v) is 14.0. The van der Waals surface area contributed by atoms with Crippen LogP contribution >= 0.6 is 0 Å². The SMILES string of the molecule is C[C@H]1CN(Cc2ccc3c(c2)ncn3C)CCN1S(C)(=O)=O. The predicted molar refractivity (Wildman–Crippen MR) is 87.0 cm³/mol. The number of benzene rings is 1. The van der Waals surface area contributed by atoms with Crippen molar-refractivity contribution in [3.05, 3.63) is 30.1 Å². The second-order valence-corrected chi connectivity index (χ2v) is 8.07. The molecule has 0 bridgehead atoms. The summed E-state index contributed by atoms with van der Waals surface area (Å²) in [6.45, 7) is 4.88. The molecule has 2 aromatic rings. The number of fused-ring (bicyclic) bond motifs is 1. The Morgan fingerprint density at radius 3 is 2.77 bits per heavy atom. The number of aryl methyl sites for hydroxylation is 1. The lowest BCUT2D eigenvalue weighted by molar-refractivity contribution is 0.138. The highest BCUT2D eigenvalue weighted by molar-refractivity contribution is 7.88. The molecule has 0 spiro atoms. The number of nitrogens with zero attached hydrogens (tertiary/aromatic N) is 4. The van der Waals surface area contributed by atoms with Gasteiger partial charge in [0.05, 0.1) is 23.6 Å². The average Bonchev–Trinajstić information content (AvgIpc) is 2.78. The zero-order valence-electron chi connectivity index (χ0n) is 13.2. The van der Waals surface area contributed by atoms with E-state index in [4.69, 9.17) is 0 Å². The van der Waals surface area contributed by atoms with E-state index in [0.29, 0.717) is 6.54 Å². The van der Waals surface area contributed by atoms with Crippen LogP contribution in [-0.2, 0) is 23.6 Å². The smallest absolute Gasteiger partial charge is 0.211 e. The fourth-order valence-corrected chi connectivity index (χ4v) is 4.32. The van der Waals surface area contributed by atoms with Gasteiger partial charge in [0.25, 0.3) is 0 Å². The van der Waals surface area contributed by atoms with Crippen LogP contribution in [0.4, 0.5) is 0 Å². The molecule has 0 N–H and O–H groups in total. The van der Waals surface area contributed by atoms with Crippen LogP contribution in [0.2, 0.25) is 0 Å². The molecule has 1 aliphatic rings. The van der Waals surface area contributed by atoms with E-state index in [9.17, 15) is 8.42 Å². The molecular formula is C15H22N4O2S. The van der Waals surface area contributed by atoms with Gasteiger partial charge in [-0.3, -0.25) is 4.90 Å². The van der Waals surface area contributed by atoms with Crippen molar-refractivity contribution in [2.45, 2.75) is 19.5 Å². The van der Waals surface area contributed by atoms with Crippen LogP contribution in [0.1, 0.15) is 12.5 Å². The molecule has 1 aliphatic heterocycles. The fourth-order valence-electron chi connectivity index (χ4n) is 3.19. The van der Waals surface area contributed by atoms with Gasteiger partial charge in [-0.25, -0.2) is 13.4 Å². The van der Waals surface area contributed by atoms with Gasteiger partial charge in [-0.15, -0.1) is 0 Å². The highest BCUT2D eigenvalue weighted by atomic mass is 32.2. The molecule has 0 radical (unpaired) electrons. The lowest BCUT2D eigenvalue weighted by Gasteiger charge is -2.38. The Bertz CT molecular complexity index is 784. The second-order valence-electron chi connectivity index (χ2n) is 6.14. The van der Waals surface area contributed by atoms with Gasteiger partial charge in [-0.2, -0.15) is 4.31 Å². The minimum absolute atomic E-state index is 0.0160. The Hall–Kier alpha value is -1.44. The van der Waals surface area contributed by atoms with Crippen molar-refractivity contribution in [1.82, 2.24) is 18.8 Å². The van der Waals surface area contributed by atoms with Crippen LogP contribution in [0.15, 0.2) is 24.5 Å². The van der Waals surface area contributed by atoms with E-state index >= 15 is 0 Å². The highest BCUT2D eigenvalue weighted by Gasteiger charge is 2.29. The number of imidazole rings is 1. The maximum Gasteiger partial charge on any atom is 0.211 e. The Morgan fingerprint density at radius 2 is 2.09 bits per heavy atom. The first-order valence-corrected chi connectivity index (χ1v) is 9.28. The topological polar surface area (TPSA) is 58.4 Å². The molecule has 0 unspecified atom stereocenters. The Balaban J connectivity index is 1.71. The van der Waals surface area contributed by atoms with E-state index in [-0.39, 0.29) is 6.04 Å². The monoisotopic (exact) mass is 322 g/mol. The molecule has 0 amide bonds. The number of hydrogen-bond donors (Lipinski definition) is 0. The maximum absolute atomic E-state index is 11.7. The van der Waals surface area contributed by atoms with Gasteiger partial charge in [0, 0.05) is 39.3 Å². The number of piperazine rings is 1. The van der Waals surface area contributed by atoms with Crippen LogP contribution in [-0.4, -0.2) is 59.1 Å². The summed E-state index contributed by atoms with van der Waals surface area (Å²) in [6, 6.07) is 6.34. The fraction of sp³-hybridized carbons (Fsp3) is 0.533. The van der Waals surface area contributed by atoms with E-state index in [1.54, 1.807) is 4.31 Å². The summed E-state index contributed by atoms with van der Waals surface area (Å²) in [7, 11) is -1.12. The van der Waals surface area contributed by atoms with Gasteiger partial charge in [0.2, 0.25) is 10.0 Å². The lowest BCUT2D eigenvalue weighted by atomic mass is 10.1. The summed E-state index contributed by atoms with van der Waals surface area (Å²) in [4.78, 5) is 6.69. The lowest BCUT2D eigenvalue weighted by Crippen LogP contribution is -2.53. The molecule has 3 rings (SSSR count). The molecule has 22 heavy (non-hydrogen) atoms. The van der Waals surface area contributed by atoms with Gasteiger partial charge < -0.3 is 4.57 Å². The second kappa shape index (κ2) is 5.64. The van der Waals surface area contributed by atoms with Gasteiger partial charge in [-0.1, -0.05) is 6.07 Å². The quantitative estimate of drug-likeness (QED) is 0.847. The minimum Gasteiger partial charge on any atom is -0.334 e.